The third-order valence-electron chi connectivity index (χ3n) is 3.68. The van der Waals surface area contributed by atoms with Crippen molar-refractivity contribution in [3.8, 4) is 0 Å². The van der Waals surface area contributed by atoms with Gasteiger partial charge in [0.25, 0.3) is 5.91 Å². The molecule has 0 spiro atoms. The zero-order valence-electron chi connectivity index (χ0n) is 11.7. The number of rotatable bonds is 5. The number of aromatic nitrogens is 1. The van der Waals surface area contributed by atoms with E-state index in [2.05, 4.69) is 21.5 Å². The molecule has 1 aliphatic heterocycles. The summed E-state index contributed by atoms with van der Waals surface area (Å²) in [5.41, 5.74) is 0.0333. The summed E-state index contributed by atoms with van der Waals surface area (Å²) in [5.74, 6) is -1.87. The summed E-state index contributed by atoms with van der Waals surface area (Å²) >= 11 is 0. The fraction of sp³-hybridized carbons (Fsp3) is 0.615. The fourth-order valence-electron chi connectivity index (χ4n) is 2.59. The van der Waals surface area contributed by atoms with E-state index in [1.807, 2.05) is 0 Å². The summed E-state index contributed by atoms with van der Waals surface area (Å²) in [6.45, 7) is 4.76. The molecule has 7 nitrogen and oxygen atoms in total. The number of likely N-dealkylation sites (N-methyl/N-ethyl adjacent to an activating group) is 2. The summed E-state index contributed by atoms with van der Waals surface area (Å²) < 4.78 is 4.60. The second-order valence-electron chi connectivity index (χ2n) is 4.99. The van der Waals surface area contributed by atoms with Gasteiger partial charge in [-0.15, -0.1) is 0 Å². The van der Waals surface area contributed by atoms with Crippen LogP contribution in [0.15, 0.2) is 10.6 Å². The van der Waals surface area contributed by atoms with Crippen molar-refractivity contribution in [1.82, 2.24) is 15.0 Å². The van der Waals surface area contributed by atoms with Crippen LogP contribution in [-0.2, 0) is 0 Å². The Kier molecular flexibility index (Phi) is 4.39. The van der Waals surface area contributed by atoms with E-state index in [0.29, 0.717) is 12.6 Å². The van der Waals surface area contributed by atoms with Crippen molar-refractivity contribution in [2.45, 2.75) is 25.8 Å². The van der Waals surface area contributed by atoms with Crippen molar-refractivity contribution < 1.29 is 19.2 Å². The van der Waals surface area contributed by atoms with Crippen LogP contribution in [0.2, 0.25) is 0 Å². The molecule has 1 aromatic rings. The summed E-state index contributed by atoms with van der Waals surface area (Å²) in [6.07, 6.45) is 2.22. The number of amides is 1. The average molecular weight is 281 g/mol. The van der Waals surface area contributed by atoms with Gasteiger partial charge in [-0.2, -0.15) is 0 Å². The van der Waals surface area contributed by atoms with Crippen LogP contribution >= 0.6 is 0 Å². The third kappa shape index (κ3) is 2.98. The Morgan fingerprint density at radius 2 is 2.35 bits per heavy atom. The van der Waals surface area contributed by atoms with Gasteiger partial charge in [0.2, 0.25) is 5.76 Å². The number of carbonyl (C=O) groups is 2. The summed E-state index contributed by atoms with van der Waals surface area (Å²) in [5, 5.41) is 12.3. The van der Waals surface area contributed by atoms with Gasteiger partial charge in [0.15, 0.2) is 5.69 Å². The molecule has 1 N–H and O–H groups in total. The standard InChI is InChI=1S/C13H19N3O4/c1-3-16-6-4-5-9(16)8-15(2)12(17)10-7-11(13(18)19)20-14-10/h7,9H,3-6,8H2,1-2H3,(H,18,19). The van der Waals surface area contributed by atoms with Gasteiger partial charge in [0, 0.05) is 25.7 Å². The van der Waals surface area contributed by atoms with Gasteiger partial charge < -0.3 is 14.5 Å². The van der Waals surface area contributed by atoms with E-state index in [1.54, 1.807) is 11.9 Å². The highest BCUT2D eigenvalue weighted by molar-refractivity contribution is 5.94. The molecular formula is C13H19N3O4. The highest BCUT2D eigenvalue weighted by atomic mass is 16.5. The molecule has 2 heterocycles. The number of carboxylic acid groups (broad SMARTS) is 1. The maximum absolute atomic E-state index is 12.2. The monoisotopic (exact) mass is 281 g/mol. The van der Waals surface area contributed by atoms with Crippen molar-refractivity contribution in [3.63, 3.8) is 0 Å². The number of carbonyl (C=O) groups excluding carboxylic acids is 1. The van der Waals surface area contributed by atoms with Crippen molar-refractivity contribution in [2.75, 3.05) is 26.7 Å². The number of nitrogens with zero attached hydrogens (tertiary/aromatic N) is 3. The topological polar surface area (TPSA) is 86.9 Å². The molecule has 1 unspecified atom stereocenters. The largest absolute Gasteiger partial charge is 0.475 e. The minimum Gasteiger partial charge on any atom is -0.475 e. The van der Waals surface area contributed by atoms with Crippen LogP contribution in [0.5, 0.6) is 0 Å². The van der Waals surface area contributed by atoms with Gasteiger partial charge in [-0.3, -0.25) is 9.69 Å². The molecule has 1 saturated heterocycles. The molecule has 2 rings (SSSR count). The Hall–Kier alpha value is -1.89. The molecule has 1 amide bonds. The van der Waals surface area contributed by atoms with Crippen molar-refractivity contribution >= 4 is 11.9 Å². The lowest BCUT2D eigenvalue weighted by Crippen LogP contribution is -2.41. The molecule has 1 atom stereocenters. The Bertz CT molecular complexity index is 500. The SMILES string of the molecule is CCN1CCCC1CN(C)C(=O)c1cc(C(=O)O)on1. The van der Waals surface area contributed by atoms with Gasteiger partial charge >= 0.3 is 5.97 Å². The first-order valence-electron chi connectivity index (χ1n) is 6.72. The van der Waals surface area contributed by atoms with Crippen LogP contribution in [0, 0.1) is 0 Å². The van der Waals surface area contributed by atoms with Gasteiger partial charge in [-0.1, -0.05) is 12.1 Å². The summed E-state index contributed by atoms with van der Waals surface area (Å²) in [7, 11) is 1.70. The maximum atomic E-state index is 12.2. The van der Waals surface area contributed by atoms with Crippen LogP contribution in [-0.4, -0.2) is 64.7 Å². The highest BCUT2D eigenvalue weighted by Crippen LogP contribution is 2.18. The highest BCUT2D eigenvalue weighted by Gasteiger charge is 2.27. The predicted octanol–water partition coefficient (Wildman–Crippen LogP) is 0.929. The second kappa shape index (κ2) is 6.04. The summed E-state index contributed by atoms with van der Waals surface area (Å²) in [4.78, 5) is 26.8. The smallest absolute Gasteiger partial charge is 0.374 e. The van der Waals surface area contributed by atoms with E-state index in [4.69, 9.17) is 5.11 Å². The molecule has 7 heteroatoms. The van der Waals surface area contributed by atoms with Crippen LogP contribution in [0.25, 0.3) is 0 Å². The molecule has 110 valence electrons. The first-order chi connectivity index (χ1) is 9.52. The molecule has 1 aliphatic rings. The van der Waals surface area contributed by atoms with E-state index >= 15 is 0 Å². The van der Waals surface area contributed by atoms with Gasteiger partial charge in [0.1, 0.15) is 0 Å². The predicted molar refractivity (Wildman–Crippen MR) is 70.7 cm³/mol. The maximum Gasteiger partial charge on any atom is 0.374 e. The number of aromatic carboxylic acids is 1. The molecule has 0 aromatic carbocycles. The average Bonchev–Trinajstić information content (AvgIpc) is 3.06. The van der Waals surface area contributed by atoms with Crippen LogP contribution in [0.4, 0.5) is 0 Å². The molecule has 0 saturated carbocycles. The zero-order valence-corrected chi connectivity index (χ0v) is 11.7. The van der Waals surface area contributed by atoms with Gasteiger partial charge in [-0.25, -0.2) is 4.79 Å². The molecule has 0 radical (unpaired) electrons. The van der Waals surface area contributed by atoms with Crippen LogP contribution in [0.1, 0.15) is 40.8 Å². The van der Waals surface area contributed by atoms with Gasteiger partial charge in [-0.05, 0) is 25.9 Å². The Labute approximate surface area is 117 Å². The van der Waals surface area contributed by atoms with E-state index in [1.165, 1.54) is 0 Å². The van der Waals surface area contributed by atoms with E-state index in [0.717, 1.165) is 32.0 Å². The molecule has 0 aliphatic carbocycles. The third-order valence-corrected chi connectivity index (χ3v) is 3.68. The molecule has 0 bridgehead atoms. The zero-order chi connectivity index (χ0) is 14.7. The normalized spacial score (nSPS) is 19.2. The lowest BCUT2D eigenvalue weighted by molar-refractivity contribution is 0.0648. The quantitative estimate of drug-likeness (QED) is 0.864. The lowest BCUT2D eigenvalue weighted by Gasteiger charge is -2.27. The van der Waals surface area contributed by atoms with E-state index in [9.17, 15) is 9.59 Å². The summed E-state index contributed by atoms with van der Waals surface area (Å²) in [6, 6.07) is 1.52. The number of carboxylic acids is 1. The van der Waals surface area contributed by atoms with Crippen LogP contribution in [0.3, 0.4) is 0 Å². The minimum absolute atomic E-state index is 0.0333. The molecule has 1 aromatic heterocycles. The van der Waals surface area contributed by atoms with Crippen LogP contribution < -0.4 is 0 Å². The minimum atomic E-state index is -1.23. The number of hydrogen-bond donors (Lipinski definition) is 1. The lowest BCUT2D eigenvalue weighted by atomic mass is 10.2. The Morgan fingerprint density at radius 3 is 2.95 bits per heavy atom. The Morgan fingerprint density at radius 1 is 1.60 bits per heavy atom. The van der Waals surface area contributed by atoms with E-state index in [-0.39, 0.29) is 17.4 Å². The first kappa shape index (κ1) is 14.5. The molecule has 20 heavy (non-hydrogen) atoms. The van der Waals surface area contributed by atoms with E-state index < -0.39 is 5.97 Å². The molecule has 1 fully saturated rings. The van der Waals surface area contributed by atoms with Gasteiger partial charge in [0.05, 0.1) is 0 Å². The second-order valence-corrected chi connectivity index (χ2v) is 4.99. The van der Waals surface area contributed by atoms with Crippen molar-refractivity contribution in [3.05, 3.63) is 17.5 Å². The molecular weight excluding hydrogens is 262 g/mol. The fourth-order valence-corrected chi connectivity index (χ4v) is 2.59. The van der Waals surface area contributed by atoms with Crippen molar-refractivity contribution in [2.24, 2.45) is 0 Å². The first-order valence-corrected chi connectivity index (χ1v) is 6.72. The van der Waals surface area contributed by atoms with Crippen molar-refractivity contribution in [1.29, 1.82) is 0 Å². The number of hydrogen-bond acceptors (Lipinski definition) is 5. The number of likely N-dealkylation sites (tertiary alicyclic amines) is 1. The Balaban J connectivity index is 1.99.